The monoisotopic (exact) mass is 338 g/mol. The number of amides is 1. The molecule has 4 rings (SSSR count). The van der Waals surface area contributed by atoms with Crippen LogP contribution < -0.4 is 10.1 Å². The van der Waals surface area contributed by atoms with Gasteiger partial charge in [-0.25, -0.2) is 0 Å². The molecule has 0 radical (unpaired) electrons. The van der Waals surface area contributed by atoms with Crippen molar-refractivity contribution >= 4 is 17.2 Å². The van der Waals surface area contributed by atoms with E-state index in [1.165, 1.54) is 11.3 Å². The zero-order valence-electron chi connectivity index (χ0n) is 12.7. The smallest absolute Gasteiger partial charge is 0.263 e. The first-order valence-corrected chi connectivity index (χ1v) is 8.41. The first-order chi connectivity index (χ1) is 11.8. The highest BCUT2D eigenvalue weighted by Gasteiger charge is 2.26. The molecule has 120 valence electrons. The van der Waals surface area contributed by atoms with Gasteiger partial charge in [-0.05, 0) is 11.6 Å². The summed E-state index contributed by atoms with van der Waals surface area (Å²) < 4.78 is 6.07. The molecule has 6 nitrogen and oxygen atoms in total. The highest BCUT2D eigenvalue weighted by molar-refractivity contribution is 7.11. The maximum Gasteiger partial charge on any atom is 0.263 e. The molecule has 1 aliphatic rings. The summed E-state index contributed by atoms with van der Waals surface area (Å²) in [6, 6.07) is 6.01. The fourth-order valence-corrected chi connectivity index (χ4v) is 3.25. The van der Waals surface area contributed by atoms with Crippen molar-refractivity contribution in [2.45, 2.75) is 12.5 Å². The first kappa shape index (κ1) is 14.8. The molecule has 3 heterocycles. The number of carbonyl (C=O) groups excluding carboxylic acids is 1. The molecule has 0 unspecified atom stereocenters. The van der Waals surface area contributed by atoms with Gasteiger partial charge >= 0.3 is 0 Å². The van der Waals surface area contributed by atoms with Gasteiger partial charge < -0.3 is 10.1 Å². The van der Waals surface area contributed by atoms with Gasteiger partial charge in [0.25, 0.3) is 5.91 Å². The molecule has 0 saturated heterocycles. The standard InChI is InChI=1S/C17H14N4O2S/c22-17(15-9-19-10-24-15)21-7-12-6-11-2-1-3-13(16(11)23-12)14-8-18-4-5-20-14/h1-5,8-10,12H,6-7H2,(H,21,22)/t12-/m1/s1. The first-order valence-electron chi connectivity index (χ1n) is 7.53. The summed E-state index contributed by atoms with van der Waals surface area (Å²) >= 11 is 1.32. The molecule has 0 aliphatic carbocycles. The lowest BCUT2D eigenvalue weighted by molar-refractivity contribution is 0.0937. The lowest BCUT2D eigenvalue weighted by Gasteiger charge is -2.12. The molecule has 1 aromatic carbocycles. The van der Waals surface area contributed by atoms with Crippen LogP contribution in [0.4, 0.5) is 0 Å². The van der Waals surface area contributed by atoms with Crippen molar-refractivity contribution in [3.63, 3.8) is 0 Å². The summed E-state index contributed by atoms with van der Waals surface area (Å²) in [6.07, 6.45) is 7.26. The zero-order valence-corrected chi connectivity index (χ0v) is 13.5. The van der Waals surface area contributed by atoms with Gasteiger partial charge in [0.2, 0.25) is 0 Å². The number of aromatic nitrogens is 3. The fourth-order valence-electron chi connectivity index (χ4n) is 2.71. The van der Waals surface area contributed by atoms with E-state index in [2.05, 4.69) is 20.3 Å². The van der Waals surface area contributed by atoms with Crippen LogP contribution in [0, 0.1) is 0 Å². The second-order valence-corrected chi connectivity index (χ2v) is 6.29. The van der Waals surface area contributed by atoms with Gasteiger partial charge in [-0.15, -0.1) is 11.3 Å². The van der Waals surface area contributed by atoms with Crippen LogP contribution in [0.15, 0.2) is 48.5 Å². The molecule has 3 aromatic rings. The van der Waals surface area contributed by atoms with Crippen LogP contribution in [0.25, 0.3) is 11.3 Å². The highest BCUT2D eigenvalue weighted by Crippen LogP contribution is 2.37. The van der Waals surface area contributed by atoms with Gasteiger partial charge in [-0.3, -0.25) is 19.7 Å². The molecular weight excluding hydrogens is 324 g/mol. The van der Waals surface area contributed by atoms with E-state index in [4.69, 9.17) is 4.74 Å². The molecule has 0 spiro atoms. The number of nitrogens with one attached hydrogen (secondary N) is 1. The van der Waals surface area contributed by atoms with Gasteiger partial charge in [0, 0.05) is 24.4 Å². The lowest BCUT2D eigenvalue weighted by atomic mass is 10.0. The summed E-state index contributed by atoms with van der Waals surface area (Å²) in [5.74, 6) is 0.709. The van der Waals surface area contributed by atoms with Crippen molar-refractivity contribution < 1.29 is 9.53 Å². The third-order valence-electron chi connectivity index (χ3n) is 3.81. The maximum atomic E-state index is 12.0. The molecule has 0 bridgehead atoms. The molecule has 24 heavy (non-hydrogen) atoms. The number of hydrogen-bond donors (Lipinski definition) is 1. The van der Waals surface area contributed by atoms with Crippen LogP contribution in [0.3, 0.4) is 0 Å². The summed E-state index contributed by atoms with van der Waals surface area (Å²) in [4.78, 5) is 25.0. The average molecular weight is 338 g/mol. The van der Waals surface area contributed by atoms with Gasteiger partial charge in [-0.2, -0.15) is 0 Å². The van der Waals surface area contributed by atoms with Gasteiger partial charge in [0.05, 0.1) is 30.1 Å². The van der Waals surface area contributed by atoms with E-state index < -0.39 is 0 Å². The van der Waals surface area contributed by atoms with E-state index >= 15 is 0 Å². The van der Waals surface area contributed by atoms with Gasteiger partial charge in [0.1, 0.15) is 16.7 Å². The van der Waals surface area contributed by atoms with Crippen LogP contribution in [0.1, 0.15) is 15.2 Å². The topological polar surface area (TPSA) is 77.0 Å². The SMILES string of the molecule is O=C(NC[C@H]1Cc2cccc(-c3cnccn3)c2O1)c1cncs1. The summed E-state index contributed by atoms with van der Waals surface area (Å²) in [6.45, 7) is 0.450. The van der Waals surface area contributed by atoms with Crippen molar-refractivity contribution in [2.75, 3.05) is 6.54 Å². The molecule has 1 amide bonds. The molecule has 1 N–H and O–H groups in total. The minimum Gasteiger partial charge on any atom is -0.487 e. The summed E-state index contributed by atoms with van der Waals surface area (Å²) in [5, 5.41) is 2.90. The number of thiazole rings is 1. The maximum absolute atomic E-state index is 12.0. The van der Waals surface area contributed by atoms with Crippen molar-refractivity contribution in [1.82, 2.24) is 20.3 Å². The van der Waals surface area contributed by atoms with Gasteiger partial charge in [0.15, 0.2) is 0 Å². The summed E-state index contributed by atoms with van der Waals surface area (Å²) in [5.41, 5.74) is 4.47. The third kappa shape index (κ3) is 2.85. The number of carbonyl (C=O) groups is 1. The predicted molar refractivity (Wildman–Crippen MR) is 90.0 cm³/mol. The van der Waals surface area contributed by atoms with Gasteiger partial charge in [-0.1, -0.05) is 12.1 Å². The molecule has 0 fully saturated rings. The number of rotatable bonds is 4. The molecule has 0 saturated carbocycles. The quantitative estimate of drug-likeness (QED) is 0.790. The Morgan fingerprint density at radius 1 is 1.29 bits per heavy atom. The third-order valence-corrected chi connectivity index (χ3v) is 4.59. The second-order valence-electron chi connectivity index (χ2n) is 5.40. The Labute approximate surface area is 142 Å². The van der Waals surface area contributed by atoms with Crippen molar-refractivity contribution in [1.29, 1.82) is 0 Å². The Morgan fingerprint density at radius 3 is 3.04 bits per heavy atom. The number of para-hydroxylation sites is 1. The molecule has 1 aliphatic heterocycles. The van der Waals surface area contributed by atoms with Crippen molar-refractivity contribution in [2.24, 2.45) is 0 Å². The molecule has 7 heteroatoms. The average Bonchev–Trinajstić information content (AvgIpc) is 3.29. The number of ether oxygens (including phenoxy) is 1. The lowest BCUT2D eigenvalue weighted by Crippen LogP contribution is -2.34. The van der Waals surface area contributed by atoms with Crippen LogP contribution in [0.2, 0.25) is 0 Å². The largest absolute Gasteiger partial charge is 0.487 e. The minimum absolute atomic E-state index is 0.0882. The number of nitrogens with zero attached hydrogens (tertiary/aromatic N) is 3. The van der Waals surface area contributed by atoms with E-state index in [0.717, 1.165) is 29.0 Å². The van der Waals surface area contributed by atoms with E-state index in [9.17, 15) is 4.79 Å². The normalized spacial score (nSPS) is 15.6. The molecule has 2 aromatic heterocycles. The molecule has 1 atom stereocenters. The second kappa shape index (κ2) is 6.37. The Balaban J connectivity index is 1.47. The number of benzene rings is 1. The van der Waals surface area contributed by atoms with Crippen LogP contribution in [-0.4, -0.2) is 33.5 Å². The fraction of sp³-hybridized carbons (Fsp3) is 0.176. The van der Waals surface area contributed by atoms with Crippen molar-refractivity contribution in [3.8, 4) is 17.0 Å². The zero-order chi connectivity index (χ0) is 16.4. The van der Waals surface area contributed by atoms with E-state index in [0.29, 0.717) is 11.4 Å². The number of fused-ring (bicyclic) bond motifs is 1. The minimum atomic E-state index is -0.119. The molecular formula is C17H14N4O2S. The Hall–Kier alpha value is -2.80. The Bertz CT molecular complexity index is 852. The number of hydrogen-bond acceptors (Lipinski definition) is 6. The van der Waals surface area contributed by atoms with E-state index in [1.807, 2.05) is 18.2 Å². The Kier molecular flexibility index (Phi) is 3.92. The highest BCUT2D eigenvalue weighted by atomic mass is 32.1. The van der Waals surface area contributed by atoms with Crippen molar-refractivity contribution in [3.05, 3.63) is 58.9 Å². The van der Waals surface area contributed by atoms with Crippen LogP contribution >= 0.6 is 11.3 Å². The van der Waals surface area contributed by atoms with E-state index in [1.54, 1.807) is 30.3 Å². The predicted octanol–water partition coefficient (Wildman–Crippen LogP) is 2.33. The van der Waals surface area contributed by atoms with Crippen LogP contribution in [-0.2, 0) is 6.42 Å². The van der Waals surface area contributed by atoms with E-state index in [-0.39, 0.29) is 12.0 Å². The summed E-state index contributed by atoms with van der Waals surface area (Å²) in [7, 11) is 0. The Morgan fingerprint density at radius 2 is 2.25 bits per heavy atom. The van der Waals surface area contributed by atoms with Crippen LogP contribution in [0.5, 0.6) is 5.75 Å².